The molecule has 1 aliphatic rings. The average molecular weight is 649 g/mol. The Morgan fingerprint density at radius 2 is 1.66 bits per heavy atom. The number of hydrogen-bond donors (Lipinski definition) is 1. The summed E-state index contributed by atoms with van der Waals surface area (Å²) in [5.41, 5.74) is 4.72. The zero-order valence-electron chi connectivity index (χ0n) is 26.8. The van der Waals surface area contributed by atoms with Crippen LogP contribution in [-0.4, -0.2) is 35.0 Å². The molecule has 1 amide bonds. The van der Waals surface area contributed by atoms with Crippen LogP contribution in [0.5, 0.6) is 17.2 Å². The number of aliphatic hydroxyl groups excluding tert-OH is 1. The zero-order valence-corrected chi connectivity index (χ0v) is 27.6. The molecule has 1 atom stereocenters. The van der Waals surface area contributed by atoms with Crippen molar-refractivity contribution >= 4 is 44.1 Å². The van der Waals surface area contributed by atoms with Gasteiger partial charge in [0.2, 0.25) is 0 Å². The minimum absolute atomic E-state index is 0.0372. The van der Waals surface area contributed by atoms with Crippen molar-refractivity contribution in [1.82, 2.24) is 4.98 Å². The third-order valence-electron chi connectivity index (χ3n) is 7.89. The molecule has 6 rings (SSSR count). The van der Waals surface area contributed by atoms with Gasteiger partial charge in [-0.1, -0.05) is 60.7 Å². The molecule has 4 aromatic carbocycles. The largest absolute Gasteiger partial charge is 0.507 e. The van der Waals surface area contributed by atoms with Gasteiger partial charge in [-0.25, -0.2) is 4.98 Å². The molecule has 1 saturated heterocycles. The summed E-state index contributed by atoms with van der Waals surface area (Å²) in [6.45, 7) is 9.14. The maximum absolute atomic E-state index is 13.9. The van der Waals surface area contributed by atoms with E-state index in [1.807, 2.05) is 70.2 Å². The Morgan fingerprint density at radius 3 is 2.38 bits per heavy atom. The molecule has 1 aromatic heterocycles. The van der Waals surface area contributed by atoms with Crippen LogP contribution in [0, 0.1) is 13.8 Å². The van der Waals surface area contributed by atoms with Gasteiger partial charge < -0.3 is 19.3 Å². The zero-order chi connectivity index (χ0) is 33.1. The fourth-order valence-electron chi connectivity index (χ4n) is 5.71. The second kappa shape index (κ2) is 13.7. The summed E-state index contributed by atoms with van der Waals surface area (Å²) >= 11 is 1.33. The Morgan fingerprint density at radius 1 is 0.894 bits per heavy atom. The number of nitrogens with zero attached hydrogens (tertiary/aromatic N) is 2. The Hall–Kier alpha value is -5.15. The number of fused-ring (bicyclic) bond motifs is 1. The quantitative estimate of drug-likeness (QED) is 0.0874. The molecule has 0 saturated carbocycles. The van der Waals surface area contributed by atoms with E-state index in [2.05, 4.69) is 0 Å². The number of aromatic nitrogens is 1. The van der Waals surface area contributed by atoms with Crippen LogP contribution in [-0.2, 0) is 16.2 Å². The van der Waals surface area contributed by atoms with Crippen molar-refractivity contribution in [1.29, 1.82) is 0 Å². The van der Waals surface area contributed by atoms with Gasteiger partial charge in [0.25, 0.3) is 5.78 Å². The highest BCUT2D eigenvalue weighted by molar-refractivity contribution is 7.22. The number of carbonyl (C=O) groups is 2. The van der Waals surface area contributed by atoms with E-state index in [1.165, 1.54) is 16.2 Å². The molecule has 1 fully saturated rings. The number of aryl methyl sites for hydroxylation is 2. The Kier molecular flexibility index (Phi) is 9.26. The molecule has 0 spiro atoms. The Balaban J connectivity index is 1.47. The molecule has 9 heteroatoms. The molecule has 8 nitrogen and oxygen atoms in total. The highest BCUT2D eigenvalue weighted by atomic mass is 32.1. The van der Waals surface area contributed by atoms with Crippen LogP contribution in [0.3, 0.4) is 0 Å². The van der Waals surface area contributed by atoms with Crippen LogP contribution in [0.4, 0.5) is 5.13 Å². The molecule has 1 N–H and O–H groups in total. The minimum atomic E-state index is -0.977. The van der Waals surface area contributed by atoms with Gasteiger partial charge in [0.05, 0.1) is 35.0 Å². The van der Waals surface area contributed by atoms with Gasteiger partial charge in [-0.05, 0) is 91.9 Å². The molecule has 5 aromatic rings. The predicted octanol–water partition coefficient (Wildman–Crippen LogP) is 8.31. The van der Waals surface area contributed by atoms with E-state index in [1.54, 1.807) is 42.5 Å². The van der Waals surface area contributed by atoms with E-state index in [0.29, 0.717) is 53.3 Å². The second-order valence-electron chi connectivity index (χ2n) is 11.4. The van der Waals surface area contributed by atoms with Gasteiger partial charge in [-0.2, -0.15) is 0 Å². The number of Topliss-reactive ketones (excluding diaryl/α,β-unsaturated/α-hetero) is 1. The lowest BCUT2D eigenvalue weighted by atomic mass is 9.95. The summed E-state index contributed by atoms with van der Waals surface area (Å²) in [7, 11) is 0. The molecule has 1 unspecified atom stereocenters. The summed E-state index contributed by atoms with van der Waals surface area (Å²) < 4.78 is 18.7. The van der Waals surface area contributed by atoms with Crippen molar-refractivity contribution in [2.75, 3.05) is 18.1 Å². The number of amides is 1. The number of anilines is 1. The summed E-state index contributed by atoms with van der Waals surface area (Å²) in [4.78, 5) is 34.0. The SMILES string of the molecule is CCCOc1ccc(/C(O)=C2\C(=O)C(=O)N(c3nc4c(C)cc(C)cc4s3)C2c2ccc(OCc3ccccc3)c(OCC)c2)cc1. The van der Waals surface area contributed by atoms with Crippen molar-refractivity contribution < 1.29 is 28.9 Å². The predicted molar refractivity (Wildman–Crippen MR) is 184 cm³/mol. The summed E-state index contributed by atoms with van der Waals surface area (Å²) in [6, 6.07) is 25.1. The third kappa shape index (κ3) is 6.44. The van der Waals surface area contributed by atoms with E-state index >= 15 is 0 Å². The third-order valence-corrected chi connectivity index (χ3v) is 8.89. The molecule has 0 bridgehead atoms. The fourth-order valence-corrected chi connectivity index (χ4v) is 6.88. The van der Waals surface area contributed by atoms with Crippen molar-refractivity contribution in [2.24, 2.45) is 0 Å². The van der Waals surface area contributed by atoms with Crippen LogP contribution < -0.4 is 19.1 Å². The monoisotopic (exact) mass is 648 g/mol. The van der Waals surface area contributed by atoms with Gasteiger partial charge in [-0.15, -0.1) is 0 Å². The lowest BCUT2D eigenvalue weighted by Gasteiger charge is -2.24. The van der Waals surface area contributed by atoms with Crippen LogP contribution in [0.15, 0.2) is 90.5 Å². The maximum atomic E-state index is 13.9. The maximum Gasteiger partial charge on any atom is 0.301 e. The van der Waals surface area contributed by atoms with Gasteiger partial charge in [0.1, 0.15) is 18.1 Å². The van der Waals surface area contributed by atoms with E-state index in [9.17, 15) is 14.7 Å². The first kappa shape index (κ1) is 31.8. The van der Waals surface area contributed by atoms with Crippen LogP contribution in [0.25, 0.3) is 16.0 Å². The van der Waals surface area contributed by atoms with E-state index < -0.39 is 17.7 Å². The van der Waals surface area contributed by atoms with Crippen molar-refractivity contribution in [3.05, 3.63) is 118 Å². The summed E-state index contributed by atoms with van der Waals surface area (Å²) in [5.74, 6) is -0.227. The molecular weight excluding hydrogens is 612 g/mol. The number of ether oxygens (including phenoxy) is 3. The topological polar surface area (TPSA) is 98.2 Å². The number of ketones is 1. The molecule has 47 heavy (non-hydrogen) atoms. The lowest BCUT2D eigenvalue weighted by Crippen LogP contribution is -2.29. The number of aliphatic hydroxyl groups is 1. The van der Waals surface area contributed by atoms with Crippen molar-refractivity contribution in [2.45, 2.75) is 46.8 Å². The Bertz CT molecular complexity index is 1970. The molecule has 0 aliphatic carbocycles. The van der Waals surface area contributed by atoms with Crippen LogP contribution in [0.1, 0.15) is 54.1 Å². The van der Waals surface area contributed by atoms with Crippen molar-refractivity contribution in [3.8, 4) is 17.2 Å². The van der Waals surface area contributed by atoms with Gasteiger partial charge in [-0.3, -0.25) is 14.5 Å². The van der Waals surface area contributed by atoms with Gasteiger partial charge in [0, 0.05) is 5.56 Å². The number of thiazole rings is 1. The lowest BCUT2D eigenvalue weighted by molar-refractivity contribution is -0.132. The normalized spacial score (nSPS) is 15.7. The molecular formula is C38H36N2O6S. The first-order chi connectivity index (χ1) is 22.8. The van der Waals surface area contributed by atoms with Gasteiger partial charge >= 0.3 is 5.91 Å². The fraction of sp³-hybridized carbons (Fsp3) is 0.237. The highest BCUT2D eigenvalue weighted by Gasteiger charge is 2.48. The van der Waals surface area contributed by atoms with E-state index in [4.69, 9.17) is 19.2 Å². The first-order valence-electron chi connectivity index (χ1n) is 15.6. The number of carbonyl (C=O) groups excluding carboxylic acids is 2. The van der Waals surface area contributed by atoms with Crippen LogP contribution in [0.2, 0.25) is 0 Å². The van der Waals surface area contributed by atoms with E-state index in [-0.39, 0.29) is 11.3 Å². The van der Waals surface area contributed by atoms with Gasteiger partial charge in [0.15, 0.2) is 16.6 Å². The standard InChI is InChI=1S/C38H36N2O6S/c1-5-18-45-28-15-12-26(13-16-28)35(41)32-34(27-14-17-29(30(21-27)44-6-2)46-22-25-10-8-7-9-11-25)40(37(43)36(32)42)38-39-33-24(4)19-23(3)20-31(33)47-38/h7-17,19-21,34,41H,5-6,18,22H2,1-4H3/b35-32+. The molecule has 1 aliphatic heterocycles. The number of hydrogen-bond acceptors (Lipinski definition) is 8. The molecule has 0 radical (unpaired) electrons. The van der Waals surface area contributed by atoms with Crippen LogP contribution >= 0.6 is 11.3 Å². The average Bonchev–Trinajstić information content (AvgIpc) is 3.61. The Labute approximate surface area is 277 Å². The molecule has 2 heterocycles. The van der Waals surface area contributed by atoms with E-state index in [0.717, 1.165) is 33.3 Å². The summed E-state index contributed by atoms with van der Waals surface area (Å²) in [6.07, 6.45) is 0.857. The summed E-state index contributed by atoms with van der Waals surface area (Å²) in [5, 5.41) is 12.1. The minimum Gasteiger partial charge on any atom is -0.507 e. The smallest absolute Gasteiger partial charge is 0.301 e. The number of benzene rings is 4. The highest BCUT2D eigenvalue weighted by Crippen LogP contribution is 2.46. The first-order valence-corrected chi connectivity index (χ1v) is 16.5. The number of rotatable bonds is 11. The van der Waals surface area contributed by atoms with Crippen molar-refractivity contribution in [3.63, 3.8) is 0 Å². The molecule has 240 valence electrons. The second-order valence-corrected chi connectivity index (χ2v) is 12.4.